The number of hydrogen-bond acceptors (Lipinski definition) is 6. The number of nitrogens with one attached hydrogen (secondary N) is 1. The van der Waals surface area contributed by atoms with E-state index in [-0.39, 0.29) is 9.77 Å². The van der Waals surface area contributed by atoms with Crippen LogP contribution in [0.4, 0.5) is 5.13 Å². The molecule has 1 aromatic carbocycles. The SMILES string of the molecule is CS(=O)(=O)c1ccc(CNc2ncc(C(=O)O)s2)cc1. The van der Waals surface area contributed by atoms with E-state index >= 15 is 0 Å². The van der Waals surface area contributed by atoms with E-state index in [2.05, 4.69) is 10.3 Å². The molecule has 106 valence electrons. The van der Waals surface area contributed by atoms with Gasteiger partial charge in [0, 0.05) is 12.8 Å². The Kier molecular flexibility index (Phi) is 4.05. The Hall–Kier alpha value is -1.93. The standard InChI is InChI=1S/C12H12N2O4S2/c1-20(17,18)9-4-2-8(3-5-9)6-13-12-14-7-10(19-12)11(15)16/h2-5,7H,6H2,1H3,(H,13,14)(H,15,16). The fraction of sp³-hybridized carbons (Fsp3) is 0.167. The molecule has 0 aliphatic heterocycles. The van der Waals surface area contributed by atoms with Crippen LogP contribution in [0.3, 0.4) is 0 Å². The van der Waals surface area contributed by atoms with Crippen molar-refractivity contribution in [1.29, 1.82) is 0 Å². The number of anilines is 1. The van der Waals surface area contributed by atoms with E-state index in [1.54, 1.807) is 12.1 Å². The zero-order valence-electron chi connectivity index (χ0n) is 10.5. The lowest BCUT2D eigenvalue weighted by molar-refractivity contribution is 0.0702. The molecular weight excluding hydrogens is 300 g/mol. The van der Waals surface area contributed by atoms with Gasteiger partial charge in [0.15, 0.2) is 15.0 Å². The lowest BCUT2D eigenvalue weighted by Crippen LogP contribution is -2.00. The first-order valence-corrected chi connectivity index (χ1v) is 8.29. The minimum atomic E-state index is -3.19. The van der Waals surface area contributed by atoms with Crippen molar-refractivity contribution in [2.45, 2.75) is 11.4 Å². The van der Waals surface area contributed by atoms with Crippen LogP contribution in [0.2, 0.25) is 0 Å². The first kappa shape index (κ1) is 14.5. The van der Waals surface area contributed by atoms with Crippen molar-refractivity contribution < 1.29 is 18.3 Å². The molecule has 0 spiro atoms. The van der Waals surface area contributed by atoms with Crippen LogP contribution in [0.5, 0.6) is 0 Å². The van der Waals surface area contributed by atoms with Crippen LogP contribution in [0.1, 0.15) is 15.2 Å². The molecule has 0 saturated heterocycles. The van der Waals surface area contributed by atoms with Crippen molar-refractivity contribution in [3.63, 3.8) is 0 Å². The predicted molar refractivity (Wildman–Crippen MR) is 76.0 cm³/mol. The average Bonchev–Trinajstić information content (AvgIpc) is 2.85. The summed E-state index contributed by atoms with van der Waals surface area (Å²) in [7, 11) is -3.19. The van der Waals surface area contributed by atoms with Crippen molar-refractivity contribution in [3.05, 3.63) is 40.9 Å². The number of sulfone groups is 1. The van der Waals surface area contributed by atoms with E-state index in [0.29, 0.717) is 11.7 Å². The first-order chi connectivity index (χ1) is 9.36. The summed E-state index contributed by atoms with van der Waals surface area (Å²) in [5.41, 5.74) is 0.879. The lowest BCUT2D eigenvalue weighted by atomic mass is 10.2. The number of nitrogens with zero attached hydrogens (tertiary/aromatic N) is 1. The quantitative estimate of drug-likeness (QED) is 0.874. The molecule has 0 unspecified atom stereocenters. The molecule has 0 saturated carbocycles. The van der Waals surface area contributed by atoms with Gasteiger partial charge in [-0.1, -0.05) is 23.5 Å². The van der Waals surface area contributed by atoms with Crippen molar-refractivity contribution in [2.75, 3.05) is 11.6 Å². The van der Waals surface area contributed by atoms with Crippen molar-refractivity contribution in [1.82, 2.24) is 4.98 Å². The third kappa shape index (κ3) is 3.55. The molecule has 0 atom stereocenters. The van der Waals surface area contributed by atoms with Crippen LogP contribution in [-0.4, -0.2) is 30.7 Å². The summed E-state index contributed by atoms with van der Waals surface area (Å²) in [5, 5.41) is 12.3. The highest BCUT2D eigenvalue weighted by Crippen LogP contribution is 2.19. The Labute approximate surface area is 120 Å². The number of rotatable bonds is 5. The van der Waals surface area contributed by atoms with Crippen LogP contribution in [0.15, 0.2) is 35.4 Å². The van der Waals surface area contributed by atoms with E-state index in [9.17, 15) is 13.2 Å². The predicted octanol–water partition coefficient (Wildman–Crippen LogP) is 1.86. The Morgan fingerprint density at radius 3 is 2.50 bits per heavy atom. The average molecular weight is 312 g/mol. The molecule has 6 nitrogen and oxygen atoms in total. The number of hydrogen-bond donors (Lipinski definition) is 2. The van der Waals surface area contributed by atoms with E-state index < -0.39 is 15.8 Å². The number of aromatic nitrogens is 1. The molecular formula is C12H12N2O4S2. The Bertz CT molecular complexity index is 720. The van der Waals surface area contributed by atoms with Gasteiger partial charge in [0.1, 0.15) is 4.88 Å². The van der Waals surface area contributed by atoms with Gasteiger partial charge < -0.3 is 10.4 Å². The van der Waals surface area contributed by atoms with Gasteiger partial charge in [-0.25, -0.2) is 18.2 Å². The summed E-state index contributed by atoms with van der Waals surface area (Å²) in [6, 6.07) is 6.48. The Morgan fingerprint density at radius 1 is 1.35 bits per heavy atom. The molecule has 8 heteroatoms. The summed E-state index contributed by atoms with van der Waals surface area (Å²) < 4.78 is 22.6. The van der Waals surface area contributed by atoms with Crippen LogP contribution in [0.25, 0.3) is 0 Å². The highest BCUT2D eigenvalue weighted by Gasteiger charge is 2.09. The van der Waals surface area contributed by atoms with Gasteiger partial charge in [-0.05, 0) is 17.7 Å². The van der Waals surface area contributed by atoms with Gasteiger partial charge in [0.2, 0.25) is 0 Å². The van der Waals surface area contributed by atoms with Crippen LogP contribution >= 0.6 is 11.3 Å². The molecule has 0 radical (unpaired) electrons. The van der Waals surface area contributed by atoms with Crippen molar-refractivity contribution in [3.8, 4) is 0 Å². The molecule has 1 aromatic heterocycles. The fourth-order valence-corrected chi connectivity index (χ4v) is 2.77. The van der Waals surface area contributed by atoms with Gasteiger partial charge in [-0.2, -0.15) is 0 Å². The molecule has 0 bridgehead atoms. The van der Waals surface area contributed by atoms with E-state index in [4.69, 9.17) is 5.11 Å². The maximum Gasteiger partial charge on any atom is 0.347 e. The third-order valence-corrected chi connectivity index (χ3v) is 4.58. The van der Waals surface area contributed by atoms with Gasteiger partial charge in [-0.15, -0.1) is 0 Å². The number of aromatic carboxylic acids is 1. The van der Waals surface area contributed by atoms with Crippen LogP contribution < -0.4 is 5.32 Å². The minimum absolute atomic E-state index is 0.167. The molecule has 1 heterocycles. The van der Waals surface area contributed by atoms with Gasteiger partial charge in [0.25, 0.3) is 0 Å². The highest BCUT2D eigenvalue weighted by molar-refractivity contribution is 7.90. The van der Waals surface area contributed by atoms with E-state index in [1.807, 2.05) is 0 Å². The number of carboxylic acids is 1. The summed E-state index contributed by atoms with van der Waals surface area (Å²) in [4.78, 5) is 15.1. The maximum absolute atomic E-state index is 11.3. The van der Waals surface area contributed by atoms with Gasteiger partial charge >= 0.3 is 5.97 Å². The second-order valence-electron chi connectivity index (χ2n) is 4.10. The zero-order valence-corrected chi connectivity index (χ0v) is 12.2. The summed E-state index contributed by atoms with van der Waals surface area (Å²) >= 11 is 1.05. The molecule has 0 aliphatic rings. The van der Waals surface area contributed by atoms with Crippen LogP contribution in [-0.2, 0) is 16.4 Å². The molecule has 2 aromatic rings. The fourth-order valence-electron chi connectivity index (χ4n) is 1.49. The first-order valence-electron chi connectivity index (χ1n) is 5.58. The number of thiazole rings is 1. The Balaban J connectivity index is 2.02. The minimum Gasteiger partial charge on any atom is -0.477 e. The Morgan fingerprint density at radius 2 is 2.00 bits per heavy atom. The van der Waals surface area contributed by atoms with E-state index in [0.717, 1.165) is 23.2 Å². The number of carbonyl (C=O) groups is 1. The summed E-state index contributed by atoms with van der Waals surface area (Å²) in [6.07, 6.45) is 2.45. The monoisotopic (exact) mass is 312 g/mol. The third-order valence-electron chi connectivity index (χ3n) is 2.51. The molecule has 2 rings (SSSR count). The second-order valence-corrected chi connectivity index (χ2v) is 7.15. The summed E-state index contributed by atoms with van der Waals surface area (Å²) in [6.45, 7) is 0.441. The normalized spacial score (nSPS) is 11.2. The molecule has 0 amide bonds. The summed E-state index contributed by atoms with van der Waals surface area (Å²) in [5.74, 6) is -1.01. The molecule has 20 heavy (non-hydrogen) atoms. The second kappa shape index (κ2) is 5.59. The highest BCUT2D eigenvalue weighted by atomic mass is 32.2. The topological polar surface area (TPSA) is 96.4 Å². The smallest absolute Gasteiger partial charge is 0.347 e. The van der Waals surface area contributed by atoms with Crippen LogP contribution in [0, 0.1) is 0 Å². The van der Waals surface area contributed by atoms with Gasteiger partial charge in [-0.3, -0.25) is 0 Å². The zero-order chi connectivity index (χ0) is 14.8. The maximum atomic E-state index is 11.3. The number of benzene rings is 1. The molecule has 0 fully saturated rings. The number of carboxylic acid groups (broad SMARTS) is 1. The van der Waals surface area contributed by atoms with Crippen molar-refractivity contribution >= 4 is 32.3 Å². The van der Waals surface area contributed by atoms with Crippen molar-refractivity contribution in [2.24, 2.45) is 0 Å². The van der Waals surface area contributed by atoms with E-state index in [1.165, 1.54) is 18.3 Å². The lowest BCUT2D eigenvalue weighted by Gasteiger charge is -2.04. The molecule has 0 aliphatic carbocycles. The largest absolute Gasteiger partial charge is 0.477 e. The van der Waals surface area contributed by atoms with Gasteiger partial charge in [0.05, 0.1) is 11.1 Å². The molecule has 2 N–H and O–H groups in total.